The Balaban J connectivity index is 2.99. The van der Waals surface area contributed by atoms with Crippen LogP contribution in [0.25, 0.3) is 0 Å². The molecule has 2 N–H and O–H groups in total. The average molecular weight is 324 g/mol. The van der Waals surface area contributed by atoms with Gasteiger partial charge in [-0.25, -0.2) is 0 Å². The van der Waals surface area contributed by atoms with Crippen molar-refractivity contribution in [2.24, 2.45) is 0 Å². The molecule has 0 saturated carbocycles. The van der Waals surface area contributed by atoms with Crippen LogP contribution in [0.1, 0.15) is 72.6 Å². The Kier molecular flexibility index (Phi) is 8.69. The largest absolute Gasteiger partial charge is 0.320 e. The molecule has 1 aliphatic heterocycles. The van der Waals surface area contributed by atoms with E-state index in [4.69, 9.17) is 0 Å². The number of amides is 2. The fourth-order valence-electron chi connectivity index (χ4n) is 2.78. The molecule has 0 aromatic rings. The number of hydrogen-bond donors (Lipinski definition) is 2. The first-order valence-corrected chi connectivity index (χ1v) is 8.97. The molecule has 6 heteroatoms. The molecule has 1 heterocycles. The van der Waals surface area contributed by atoms with Crippen LogP contribution in [0.3, 0.4) is 0 Å². The zero-order chi connectivity index (χ0) is 17.2. The molecular formula is C17H32N4O2. The number of nitrogens with zero attached hydrogens (tertiary/aromatic N) is 2. The van der Waals surface area contributed by atoms with Crippen LogP contribution in [0.15, 0.2) is 11.4 Å². The molecule has 0 bridgehead atoms. The number of rotatable bonds is 10. The van der Waals surface area contributed by atoms with Crippen LogP contribution < -0.4 is 10.7 Å². The summed E-state index contributed by atoms with van der Waals surface area (Å²) in [4.78, 5) is 24.4. The van der Waals surface area contributed by atoms with Crippen LogP contribution in [-0.2, 0) is 9.59 Å². The second kappa shape index (κ2) is 10.3. The number of carbonyl (C=O) groups is 2. The third-order valence-electron chi connectivity index (χ3n) is 3.96. The molecule has 0 aromatic carbocycles. The van der Waals surface area contributed by atoms with Gasteiger partial charge in [0, 0.05) is 19.5 Å². The molecule has 132 valence electrons. The average Bonchev–Trinajstić information content (AvgIpc) is 2.54. The van der Waals surface area contributed by atoms with Gasteiger partial charge in [0.1, 0.15) is 5.70 Å². The maximum Gasteiger partial charge on any atom is 0.285 e. The Labute approximate surface area is 140 Å². The molecule has 0 unspecified atom stereocenters. The van der Waals surface area contributed by atoms with E-state index in [0.717, 1.165) is 37.9 Å². The first-order chi connectivity index (χ1) is 11.1. The Morgan fingerprint density at radius 2 is 1.78 bits per heavy atom. The van der Waals surface area contributed by atoms with Crippen LogP contribution in [0.5, 0.6) is 0 Å². The van der Waals surface area contributed by atoms with Crippen LogP contribution in [0.2, 0.25) is 0 Å². The van der Waals surface area contributed by atoms with Crippen molar-refractivity contribution in [3.8, 4) is 0 Å². The summed E-state index contributed by atoms with van der Waals surface area (Å²) in [5.41, 5.74) is 4.20. The fourth-order valence-corrected chi connectivity index (χ4v) is 2.78. The van der Waals surface area contributed by atoms with Gasteiger partial charge in [-0.2, -0.15) is 0 Å². The van der Waals surface area contributed by atoms with E-state index < -0.39 is 0 Å². The topological polar surface area (TPSA) is 64.7 Å². The predicted molar refractivity (Wildman–Crippen MR) is 91.7 cm³/mol. The number of unbranched alkanes of at least 4 members (excludes halogenated alkanes) is 3. The normalized spacial score (nSPS) is 15.8. The minimum absolute atomic E-state index is 0.0929. The predicted octanol–water partition coefficient (Wildman–Crippen LogP) is 2.69. The minimum Gasteiger partial charge on any atom is -0.320 e. The van der Waals surface area contributed by atoms with Crippen LogP contribution in [0.4, 0.5) is 0 Å². The van der Waals surface area contributed by atoms with Crippen LogP contribution >= 0.6 is 0 Å². The van der Waals surface area contributed by atoms with Crippen molar-refractivity contribution in [2.75, 3.05) is 13.1 Å². The van der Waals surface area contributed by atoms with E-state index in [-0.39, 0.29) is 11.8 Å². The molecule has 0 spiro atoms. The van der Waals surface area contributed by atoms with E-state index in [1.165, 1.54) is 12.8 Å². The van der Waals surface area contributed by atoms with Crippen molar-refractivity contribution < 1.29 is 9.59 Å². The highest BCUT2D eigenvalue weighted by Gasteiger charge is 2.30. The van der Waals surface area contributed by atoms with E-state index in [1.807, 2.05) is 19.0 Å². The number of carbonyl (C=O) groups excluding carboxylic acids is 2. The minimum atomic E-state index is -0.216. The molecule has 0 fully saturated rings. The maximum atomic E-state index is 12.4. The summed E-state index contributed by atoms with van der Waals surface area (Å²) in [6.07, 6.45) is 6.55. The number of allylic oxidation sites excluding steroid dienone is 1. The molecule has 0 saturated heterocycles. The van der Waals surface area contributed by atoms with E-state index in [0.29, 0.717) is 18.7 Å². The van der Waals surface area contributed by atoms with Crippen molar-refractivity contribution in [3.05, 3.63) is 11.4 Å². The van der Waals surface area contributed by atoms with Gasteiger partial charge < -0.3 is 5.32 Å². The molecule has 23 heavy (non-hydrogen) atoms. The molecule has 1 aliphatic rings. The summed E-state index contributed by atoms with van der Waals surface area (Å²) in [7, 11) is 0. The van der Waals surface area contributed by atoms with Gasteiger partial charge in [0.2, 0.25) is 5.91 Å². The van der Waals surface area contributed by atoms with Gasteiger partial charge in [-0.1, -0.05) is 33.1 Å². The monoisotopic (exact) mass is 324 g/mol. The van der Waals surface area contributed by atoms with Gasteiger partial charge in [-0.05, 0) is 33.1 Å². The molecule has 0 aliphatic carbocycles. The van der Waals surface area contributed by atoms with Gasteiger partial charge in [0.05, 0.1) is 5.70 Å². The fraction of sp³-hybridized carbons (Fsp3) is 0.765. The molecule has 1 rings (SSSR count). The summed E-state index contributed by atoms with van der Waals surface area (Å²) < 4.78 is 0. The lowest BCUT2D eigenvalue weighted by molar-refractivity contribution is -0.138. The van der Waals surface area contributed by atoms with Crippen LogP contribution in [0, 0.1) is 0 Å². The van der Waals surface area contributed by atoms with E-state index in [1.54, 1.807) is 0 Å². The zero-order valence-corrected chi connectivity index (χ0v) is 15.1. The Hall–Kier alpha value is -1.56. The van der Waals surface area contributed by atoms with Crippen LogP contribution in [-0.4, -0.2) is 35.0 Å². The highest BCUT2D eigenvalue weighted by atomic mass is 16.2. The van der Waals surface area contributed by atoms with Crippen molar-refractivity contribution in [1.29, 1.82) is 0 Å². The molecule has 0 atom stereocenters. The second-order valence-electron chi connectivity index (χ2n) is 5.80. The van der Waals surface area contributed by atoms with Gasteiger partial charge in [0.15, 0.2) is 0 Å². The lowest BCUT2D eigenvalue weighted by Crippen LogP contribution is -2.59. The van der Waals surface area contributed by atoms with E-state index in [9.17, 15) is 9.59 Å². The second-order valence-corrected chi connectivity index (χ2v) is 5.80. The Morgan fingerprint density at radius 3 is 2.35 bits per heavy atom. The first-order valence-electron chi connectivity index (χ1n) is 8.97. The van der Waals surface area contributed by atoms with Gasteiger partial charge in [-0.3, -0.25) is 20.0 Å². The molecule has 0 aromatic heterocycles. The van der Waals surface area contributed by atoms with Gasteiger partial charge >= 0.3 is 0 Å². The summed E-state index contributed by atoms with van der Waals surface area (Å²) in [5, 5.41) is 6.72. The summed E-state index contributed by atoms with van der Waals surface area (Å²) >= 11 is 0. The lowest BCUT2D eigenvalue weighted by Gasteiger charge is -2.41. The maximum absolute atomic E-state index is 12.4. The smallest absolute Gasteiger partial charge is 0.285 e. The number of hydrazine groups is 2. The van der Waals surface area contributed by atoms with Gasteiger partial charge in [-0.15, -0.1) is 5.12 Å². The first kappa shape index (κ1) is 19.5. The lowest BCUT2D eigenvalue weighted by atomic mass is 10.1. The Bertz CT molecular complexity index is 434. The van der Waals surface area contributed by atoms with Gasteiger partial charge in [0.25, 0.3) is 5.91 Å². The summed E-state index contributed by atoms with van der Waals surface area (Å²) in [6, 6.07) is 0. The Morgan fingerprint density at radius 1 is 1.04 bits per heavy atom. The van der Waals surface area contributed by atoms with Crippen molar-refractivity contribution >= 4 is 11.8 Å². The van der Waals surface area contributed by atoms with Crippen molar-refractivity contribution in [3.63, 3.8) is 0 Å². The quantitative estimate of drug-likeness (QED) is 0.606. The third-order valence-corrected chi connectivity index (χ3v) is 3.96. The summed E-state index contributed by atoms with van der Waals surface area (Å²) in [5.74, 6) is -0.309. The SMILES string of the molecule is CCCCCCC1=C(NC(=O)CCC)C(=O)NN(CC)N1CC. The van der Waals surface area contributed by atoms with E-state index in [2.05, 4.69) is 29.6 Å². The molecule has 2 amide bonds. The van der Waals surface area contributed by atoms with Crippen molar-refractivity contribution in [2.45, 2.75) is 72.6 Å². The standard InChI is InChI=1S/C17H32N4O2/c1-5-9-10-11-13-14-16(18-15(22)12-6-2)17(23)19-21(8-4)20(14)7-3/h5-13H2,1-4H3,(H,18,22)(H,19,23). The highest BCUT2D eigenvalue weighted by Crippen LogP contribution is 2.22. The molecular weight excluding hydrogens is 292 g/mol. The number of nitrogens with one attached hydrogen (secondary N) is 2. The zero-order valence-electron chi connectivity index (χ0n) is 15.1. The third kappa shape index (κ3) is 5.53. The highest BCUT2D eigenvalue weighted by molar-refractivity contribution is 5.98. The molecule has 0 radical (unpaired) electrons. The number of hydrogen-bond acceptors (Lipinski definition) is 4. The molecule has 6 nitrogen and oxygen atoms in total. The van der Waals surface area contributed by atoms with Crippen molar-refractivity contribution in [1.82, 2.24) is 20.9 Å². The van der Waals surface area contributed by atoms with E-state index >= 15 is 0 Å². The summed E-state index contributed by atoms with van der Waals surface area (Å²) in [6.45, 7) is 9.63.